The van der Waals surface area contributed by atoms with Crippen LogP contribution in [0.3, 0.4) is 0 Å². The lowest BCUT2D eigenvalue weighted by atomic mass is 10.1. The summed E-state index contributed by atoms with van der Waals surface area (Å²) in [5, 5.41) is 3.46. The molecule has 0 fully saturated rings. The molecule has 0 aliphatic carbocycles. The Hall–Kier alpha value is -0.670. The molecule has 0 heterocycles. The number of nitrogens with one attached hydrogen (secondary N) is 1. The fourth-order valence-corrected chi connectivity index (χ4v) is 3.49. The molecule has 18 heavy (non-hydrogen) atoms. The van der Waals surface area contributed by atoms with Gasteiger partial charge >= 0.3 is 0 Å². The minimum Gasteiger partial charge on any atom is -0.313 e. The van der Waals surface area contributed by atoms with Crippen molar-refractivity contribution < 1.29 is 4.21 Å². The van der Waals surface area contributed by atoms with E-state index in [1.54, 1.807) is 0 Å². The van der Waals surface area contributed by atoms with Crippen molar-refractivity contribution in [2.24, 2.45) is 0 Å². The Morgan fingerprint density at radius 2 is 2.00 bits per heavy atom. The van der Waals surface area contributed by atoms with Crippen molar-refractivity contribution >= 4 is 10.8 Å². The van der Waals surface area contributed by atoms with Crippen molar-refractivity contribution in [2.75, 3.05) is 12.3 Å². The van der Waals surface area contributed by atoms with Crippen molar-refractivity contribution in [1.82, 2.24) is 5.32 Å². The SMILES string of the molecule is CCCNC(CC)CS(=O)Cc1ccccc1C. The first-order valence-corrected chi connectivity index (χ1v) is 8.29. The molecule has 3 heteroatoms. The van der Waals surface area contributed by atoms with Gasteiger partial charge in [0.05, 0.1) is 0 Å². The summed E-state index contributed by atoms with van der Waals surface area (Å²) in [4.78, 5) is 0. The lowest BCUT2D eigenvalue weighted by Gasteiger charge is -2.16. The zero-order valence-corrected chi connectivity index (χ0v) is 12.6. The topological polar surface area (TPSA) is 29.1 Å². The third kappa shape index (κ3) is 5.32. The molecule has 1 N–H and O–H groups in total. The highest BCUT2D eigenvalue weighted by atomic mass is 32.2. The van der Waals surface area contributed by atoms with E-state index in [2.05, 4.69) is 38.2 Å². The molecule has 2 nitrogen and oxygen atoms in total. The minimum atomic E-state index is -0.777. The Morgan fingerprint density at radius 1 is 1.28 bits per heavy atom. The van der Waals surface area contributed by atoms with Crippen molar-refractivity contribution in [1.29, 1.82) is 0 Å². The number of benzene rings is 1. The maximum absolute atomic E-state index is 12.2. The van der Waals surface area contributed by atoms with Gasteiger partial charge in [0.1, 0.15) is 0 Å². The molecule has 0 bridgehead atoms. The van der Waals surface area contributed by atoms with E-state index in [0.717, 1.165) is 25.1 Å². The monoisotopic (exact) mass is 267 g/mol. The van der Waals surface area contributed by atoms with E-state index in [-0.39, 0.29) is 0 Å². The second kappa shape index (κ2) is 8.44. The fourth-order valence-electron chi connectivity index (χ4n) is 1.90. The summed E-state index contributed by atoms with van der Waals surface area (Å²) in [6.07, 6.45) is 2.17. The second-order valence-corrected chi connectivity index (χ2v) is 6.24. The normalized spacial score (nSPS) is 14.4. The number of hydrogen-bond donors (Lipinski definition) is 1. The summed E-state index contributed by atoms with van der Waals surface area (Å²) < 4.78 is 12.2. The molecule has 102 valence electrons. The molecule has 2 unspecified atom stereocenters. The van der Waals surface area contributed by atoms with Gasteiger partial charge in [-0.1, -0.05) is 38.1 Å². The van der Waals surface area contributed by atoms with Crippen molar-refractivity contribution in [2.45, 2.75) is 45.4 Å². The lowest BCUT2D eigenvalue weighted by molar-refractivity contribution is 0.533. The number of hydrogen-bond acceptors (Lipinski definition) is 2. The van der Waals surface area contributed by atoms with E-state index < -0.39 is 10.8 Å². The first-order valence-electron chi connectivity index (χ1n) is 6.80. The third-order valence-electron chi connectivity index (χ3n) is 3.14. The van der Waals surface area contributed by atoms with Crippen LogP contribution >= 0.6 is 0 Å². The molecule has 0 amide bonds. The minimum absolute atomic E-state index is 0.384. The van der Waals surface area contributed by atoms with Gasteiger partial charge in [-0.15, -0.1) is 0 Å². The molecule has 0 radical (unpaired) electrons. The summed E-state index contributed by atoms with van der Waals surface area (Å²) in [5.41, 5.74) is 2.45. The number of aryl methyl sites for hydroxylation is 1. The van der Waals surface area contributed by atoms with E-state index in [0.29, 0.717) is 11.8 Å². The lowest BCUT2D eigenvalue weighted by Crippen LogP contribution is -2.34. The largest absolute Gasteiger partial charge is 0.313 e. The molecule has 0 aromatic heterocycles. The van der Waals surface area contributed by atoms with Crippen LogP contribution in [-0.4, -0.2) is 22.5 Å². The van der Waals surface area contributed by atoms with Gasteiger partial charge < -0.3 is 5.32 Å². The Kier molecular flexibility index (Phi) is 7.21. The Morgan fingerprint density at radius 3 is 2.61 bits per heavy atom. The van der Waals surface area contributed by atoms with Gasteiger partial charge in [0, 0.05) is 28.3 Å². The summed E-state index contributed by atoms with van der Waals surface area (Å²) in [5.74, 6) is 1.43. The van der Waals surface area contributed by atoms with Crippen molar-refractivity contribution in [3.8, 4) is 0 Å². The molecule has 0 aliphatic rings. The van der Waals surface area contributed by atoms with Gasteiger partial charge in [0.25, 0.3) is 0 Å². The zero-order valence-electron chi connectivity index (χ0n) is 11.7. The first-order chi connectivity index (χ1) is 8.67. The van der Waals surface area contributed by atoms with Gasteiger partial charge in [-0.05, 0) is 37.4 Å². The molecular weight excluding hydrogens is 242 g/mol. The van der Waals surface area contributed by atoms with Gasteiger partial charge in [-0.25, -0.2) is 0 Å². The van der Waals surface area contributed by atoms with Crippen molar-refractivity contribution in [3.63, 3.8) is 0 Å². The summed E-state index contributed by atoms with van der Waals surface area (Å²) in [7, 11) is -0.777. The fraction of sp³-hybridized carbons (Fsp3) is 0.600. The van der Waals surface area contributed by atoms with E-state index >= 15 is 0 Å². The molecule has 0 spiro atoms. The Bertz CT molecular complexity index is 379. The molecule has 0 saturated carbocycles. The third-order valence-corrected chi connectivity index (χ3v) is 4.55. The predicted molar refractivity (Wildman–Crippen MR) is 80.3 cm³/mol. The van der Waals surface area contributed by atoms with Crippen LogP contribution < -0.4 is 5.32 Å². The molecule has 1 aromatic carbocycles. The van der Waals surface area contributed by atoms with Crippen LogP contribution in [0.1, 0.15) is 37.8 Å². The van der Waals surface area contributed by atoms with Crippen LogP contribution in [0.5, 0.6) is 0 Å². The zero-order chi connectivity index (χ0) is 13.4. The molecule has 1 rings (SSSR count). The van der Waals surface area contributed by atoms with E-state index in [1.165, 1.54) is 11.1 Å². The molecule has 0 aliphatic heterocycles. The molecule has 1 aromatic rings. The predicted octanol–water partition coefficient (Wildman–Crippen LogP) is 3.02. The smallest absolute Gasteiger partial charge is 0.0488 e. The standard InChI is InChI=1S/C15H25NOS/c1-4-10-16-15(5-2)12-18(17)11-14-9-7-6-8-13(14)3/h6-9,15-16H,4-5,10-12H2,1-3H3. The molecule has 0 saturated heterocycles. The van der Waals surface area contributed by atoms with Crippen LogP contribution in [0, 0.1) is 6.92 Å². The Balaban J connectivity index is 2.48. The van der Waals surface area contributed by atoms with Gasteiger partial charge in [-0.3, -0.25) is 4.21 Å². The maximum atomic E-state index is 12.2. The second-order valence-electron chi connectivity index (χ2n) is 4.74. The highest BCUT2D eigenvalue weighted by Crippen LogP contribution is 2.10. The highest BCUT2D eigenvalue weighted by molar-refractivity contribution is 7.84. The molecular formula is C15H25NOS. The van der Waals surface area contributed by atoms with E-state index in [1.807, 2.05) is 12.1 Å². The maximum Gasteiger partial charge on any atom is 0.0488 e. The quantitative estimate of drug-likeness (QED) is 0.784. The summed E-state index contributed by atoms with van der Waals surface area (Å²) >= 11 is 0. The summed E-state index contributed by atoms with van der Waals surface area (Å²) in [6, 6.07) is 8.59. The van der Waals surface area contributed by atoms with Gasteiger partial charge in [0.15, 0.2) is 0 Å². The average molecular weight is 267 g/mol. The van der Waals surface area contributed by atoms with Crippen LogP contribution in [0.15, 0.2) is 24.3 Å². The average Bonchev–Trinajstić information content (AvgIpc) is 2.37. The van der Waals surface area contributed by atoms with Crippen LogP contribution in [0.2, 0.25) is 0 Å². The highest BCUT2D eigenvalue weighted by Gasteiger charge is 2.11. The van der Waals surface area contributed by atoms with Crippen molar-refractivity contribution in [3.05, 3.63) is 35.4 Å². The van der Waals surface area contributed by atoms with Crippen LogP contribution in [0.25, 0.3) is 0 Å². The molecule has 2 atom stereocenters. The summed E-state index contributed by atoms with van der Waals surface area (Å²) in [6.45, 7) is 7.40. The van der Waals surface area contributed by atoms with Gasteiger partial charge in [0.2, 0.25) is 0 Å². The first kappa shape index (κ1) is 15.4. The Labute approximate surface area is 114 Å². The van der Waals surface area contributed by atoms with E-state index in [9.17, 15) is 4.21 Å². The van der Waals surface area contributed by atoms with E-state index in [4.69, 9.17) is 0 Å². The van der Waals surface area contributed by atoms with Crippen LogP contribution in [0.4, 0.5) is 0 Å². The van der Waals surface area contributed by atoms with Gasteiger partial charge in [-0.2, -0.15) is 0 Å². The number of rotatable bonds is 8. The van der Waals surface area contributed by atoms with Crippen LogP contribution in [-0.2, 0) is 16.6 Å².